The molecule has 3 aliphatic rings. The lowest BCUT2D eigenvalue weighted by molar-refractivity contribution is -0.0178. The number of benzene rings is 1. The van der Waals surface area contributed by atoms with Crippen LogP contribution < -0.4 is 10.6 Å². The highest BCUT2D eigenvalue weighted by molar-refractivity contribution is 5.98. The fourth-order valence-electron chi connectivity index (χ4n) is 7.03. The van der Waals surface area contributed by atoms with Crippen molar-refractivity contribution < 1.29 is 19.7 Å². The zero-order valence-corrected chi connectivity index (χ0v) is 23.0. The summed E-state index contributed by atoms with van der Waals surface area (Å²) in [5.74, 6) is -0.582. The molecule has 7 nitrogen and oxygen atoms in total. The first kappa shape index (κ1) is 26.8. The summed E-state index contributed by atoms with van der Waals surface area (Å²) in [5, 5.41) is 23.7. The van der Waals surface area contributed by atoms with E-state index in [1.54, 1.807) is 0 Å². The molecule has 4 N–H and O–H groups in total. The third-order valence-corrected chi connectivity index (χ3v) is 8.65. The van der Waals surface area contributed by atoms with Crippen molar-refractivity contribution in [2.24, 2.45) is 17.6 Å². The molecule has 0 spiro atoms. The van der Waals surface area contributed by atoms with Gasteiger partial charge in [-0.3, -0.25) is 4.90 Å². The SMILES string of the molecule is C=C(N)C1=C(O)C(N(C)C)[C@@H]2C[C@@H]3Cc4c(N(C)C)cc(C(=O)OC)c(C)c4C(=C)C3=C(C)[C@]2(O)C1=C. The number of carbonyl (C=O) groups is 1. The van der Waals surface area contributed by atoms with E-state index in [0.29, 0.717) is 23.1 Å². The Morgan fingerprint density at radius 3 is 2.35 bits per heavy atom. The quantitative estimate of drug-likeness (QED) is 0.534. The van der Waals surface area contributed by atoms with Gasteiger partial charge in [-0.15, -0.1) is 0 Å². The number of aliphatic hydroxyl groups is 2. The van der Waals surface area contributed by atoms with E-state index in [-0.39, 0.29) is 23.3 Å². The van der Waals surface area contributed by atoms with E-state index in [1.165, 1.54) is 7.11 Å². The molecule has 0 amide bonds. The van der Waals surface area contributed by atoms with Crippen LogP contribution in [-0.4, -0.2) is 68.0 Å². The van der Waals surface area contributed by atoms with Crippen LogP contribution in [0.2, 0.25) is 0 Å². The topological polar surface area (TPSA) is 99.3 Å². The lowest BCUT2D eigenvalue weighted by Crippen LogP contribution is -2.58. The van der Waals surface area contributed by atoms with Crippen molar-refractivity contribution >= 4 is 17.2 Å². The van der Waals surface area contributed by atoms with E-state index in [4.69, 9.17) is 10.5 Å². The summed E-state index contributed by atoms with van der Waals surface area (Å²) < 4.78 is 5.08. The summed E-state index contributed by atoms with van der Waals surface area (Å²) in [7, 11) is 9.08. The molecule has 0 aliphatic heterocycles. The van der Waals surface area contributed by atoms with Gasteiger partial charge in [0.1, 0.15) is 11.4 Å². The Balaban J connectivity index is 2.01. The molecule has 0 aromatic heterocycles. The van der Waals surface area contributed by atoms with E-state index < -0.39 is 17.6 Å². The van der Waals surface area contributed by atoms with Crippen LogP contribution >= 0.6 is 0 Å². The van der Waals surface area contributed by atoms with Gasteiger partial charge in [0.15, 0.2) is 0 Å². The third-order valence-electron chi connectivity index (χ3n) is 8.65. The van der Waals surface area contributed by atoms with E-state index in [2.05, 4.69) is 19.7 Å². The second kappa shape index (κ2) is 8.92. The molecule has 198 valence electrons. The molecule has 1 unspecified atom stereocenters. The van der Waals surface area contributed by atoms with Gasteiger partial charge in [0.2, 0.25) is 0 Å². The summed E-state index contributed by atoms with van der Waals surface area (Å²) in [4.78, 5) is 16.6. The van der Waals surface area contributed by atoms with Crippen molar-refractivity contribution in [1.82, 2.24) is 4.90 Å². The van der Waals surface area contributed by atoms with Gasteiger partial charge in [-0.2, -0.15) is 0 Å². The van der Waals surface area contributed by atoms with Gasteiger partial charge < -0.3 is 25.6 Å². The summed E-state index contributed by atoms with van der Waals surface area (Å²) in [6.45, 7) is 16.4. The van der Waals surface area contributed by atoms with Crippen molar-refractivity contribution in [3.05, 3.63) is 81.8 Å². The second-order valence-electron chi connectivity index (χ2n) is 11.0. The van der Waals surface area contributed by atoms with Crippen molar-refractivity contribution in [2.75, 3.05) is 40.2 Å². The highest BCUT2D eigenvalue weighted by Crippen LogP contribution is 2.58. The smallest absolute Gasteiger partial charge is 0.338 e. The number of esters is 1. The van der Waals surface area contributed by atoms with Crippen LogP contribution in [0.4, 0.5) is 5.69 Å². The lowest BCUT2D eigenvalue weighted by atomic mass is 9.55. The van der Waals surface area contributed by atoms with Gasteiger partial charge in [-0.1, -0.05) is 19.7 Å². The number of anilines is 1. The molecular weight excluding hydrogens is 466 g/mol. The minimum Gasteiger partial charge on any atom is -0.510 e. The summed E-state index contributed by atoms with van der Waals surface area (Å²) in [5.41, 5.74) is 12.3. The van der Waals surface area contributed by atoms with E-state index in [1.807, 2.05) is 57.9 Å². The number of rotatable bonds is 4. The summed E-state index contributed by atoms with van der Waals surface area (Å²) >= 11 is 0. The van der Waals surface area contributed by atoms with Crippen LogP contribution in [0.25, 0.3) is 5.57 Å². The molecule has 3 aliphatic carbocycles. The molecule has 0 heterocycles. The fraction of sp³-hybridized carbons (Fsp3) is 0.433. The summed E-state index contributed by atoms with van der Waals surface area (Å²) in [6, 6.07) is 1.43. The molecule has 7 heteroatoms. The second-order valence-corrected chi connectivity index (χ2v) is 11.0. The maximum atomic E-state index is 12.7. The average molecular weight is 506 g/mol. The van der Waals surface area contributed by atoms with Crippen molar-refractivity contribution in [3.8, 4) is 0 Å². The number of ether oxygens (including phenoxy) is 1. The number of carbonyl (C=O) groups excluding carboxylic acids is 1. The molecular formula is C30H39N3O4. The molecule has 0 bridgehead atoms. The number of hydrogen-bond acceptors (Lipinski definition) is 7. The third kappa shape index (κ3) is 3.59. The Bertz CT molecular complexity index is 1320. The van der Waals surface area contributed by atoms with Gasteiger partial charge in [0.25, 0.3) is 0 Å². The Kier molecular flexibility index (Phi) is 6.46. The maximum Gasteiger partial charge on any atom is 0.338 e. The van der Waals surface area contributed by atoms with Gasteiger partial charge in [-0.25, -0.2) is 4.79 Å². The largest absolute Gasteiger partial charge is 0.510 e. The predicted octanol–water partition coefficient (Wildman–Crippen LogP) is 3.89. The number of allylic oxidation sites excluding steroid dienone is 3. The highest BCUT2D eigenvalue weighted by atomic mass is 16.5. The number of nitrogens with zero attached hydrogens (tertiary/aromatic N) is 2. The van der Waals surface area contributed by atoms with Crippen molar-refractivity contribution in [3.63, 3.8) is 0 Å². The minimum atomic E-state index is -1.44. The van der Waals surface area contributed by atoms with Gasteiger partial charge in [0, 0.05) is 37.0 Å². The van der Waals surface area contributed by atoms with Gasteiger partial charge >= 0.3 is 5.97 Å². The number of methoxy groups -OCH3 is 1. The lowest BCUT2D eigenvalue weighted by Gasteiger charge is -2.54. The average Bonchev–Trinajstić information content (AvgIpc) is 2.80. The number of hydrogen-bond donors (Lipinski definition) is 3. The minimum absolute atomic E-state index is 0.0676. The normalized spacial score (nSPS) is 27.1. The molecule has 0 saturated heterocycles. The molecule has 0 saturated carbocycles. The monoisotopic (exact) mass is 505 g/mol. The first-order valence-electron chi connectivity index (χ1n) is 12.5. The van der Waals surface area contributed by atoms with Crippen molar-refractivity contribution in [1.29, 1.82) is 0 Å². The van der Waals surface area contributed by atoms with Crippen LogP contribution in [-0.2, 0) is 11.2 Å². The molecule has 4 atom stereocenters. The van der Waals surface area contributed by atoms with Crippen LogP contribution in [0.3, 0.4) is 0 Å². The van der Waals surface area contributed by atoms with Gasteiger partial charge in [-0.05, 0) is 91.8 Å². The van der Waals surface area contributed by atoms with Gasteiger partial charge in [0.05, 0.1) is 18.7 Å². The molecule has 1 aromatic carbocycles. The molecule has 4 rings (SSSR count). The number of nitrogens with two attached hydrogens (primary N) is 1. The number of likely N-dealkylation sites (N-methyl/N-ethyl adjacent to an activating group) is 1. The Morgan fingerprint density at radius 2 is 1.84 bits per heavy atom. The van der Waals surface area contributed by atoms with Crippen LogP contribution in [0.1, 0.15) is 40.4 Å². The first-order chi connectivity index (χ1) is 17.2. The number of fused-ring (bicyclic) bond motifs is 3. The van der Waals surface area contributed by atoms with E-state index >= 15 is 0 Å². The van der Waals surface area contributed by atoms with Crippen LogP contribution in [0.5, 0.6) is 0 Å². The maximum absolute atomic E-state index is 12.7. The van der Waals surface area contributed by atoms with E-state index in [0.717, 1.165) is 45.5 Å². The zero-order valence-electron chi connectivity index (χ0n) is 23.0. The Hall–Kier alpha value is -3.29. The Labute approximate surface area is 219 Å². The molecule has 1 aromatic rings. The number of aliphatic hydroxyl groups excluding tert-OH is 1. The fourth-order valence-corrected chi connectivity index (χ4v) is 7.03. The van der Waals surface area contributed by atoms with Crippen molar-refractivity contribution in [2.45, 2.75) is 38.3 Å². The highest BCUT2D eigenvalue weighted by Gasteiger charge is 2.57. The molecule has 0 fully saturated rings. The zero-order chi connectivity index (χ0) is 27.7. The standard InChI is InChI=1S/C30H39N3O4/c1-14-20(29(35)37-10)13-23(32(6)7)21-11-19-12-22-27(33(8)9)28(34)26(18(5)31)17(4)30(22,36)16(3)25(19)15(2)24(14)21/h13,19,22,27,34,36H,2,4-5,11-12,31H2,1,3,6-10H3/t19-,22-,27?,30-/m0/s1. The molecule has 37 heavy (non-hydrogen) atoms. The Morgan fingerprint density at radius 1 is 1.22 bits per heavy atom. The predicted molar refractivity (Wildman–Crippen MR) is 148 cm³/mol. The van der Waals surface area contributed by atoms with Crippen LogP contribution in [0.15, 0.2) is 59.6 Å². The molecule has 0 radical (unpaired) electrons. The van der Waals surface area contributed by atoms with E-state index in [9.17, 15) is 15.0 Å². The van der Waals surface area contributed by atoms with Crippen LogP contribution in [0, 0.1) is 18.8 Å². The summed E-state index contributed by atoms with van der Waals surface area (Å²) in [6.07, 6.45) is 1.33. The first-order valence-corrected chi connectivity index (χ1v) is 12.5.